The van der Waals surface area contributed by atoms with Crippen LogP contribution in [0.4, 0.5) is 4.39 Å². The van der Waals surface area contributed by atoms with Gasteiger partial charge in [0.1, 0.15) is 18.7 Å². The monoisotopic (exact) mass is 525 g/mol. The summed E-state index contributed by atoms with van der Waals surface area (Å²) in [5.74, 6) is -0.567. The van der Waals surface area contributed by atoms with Gasteiger partial charge in [0.05, 0.1) is 35.1 Å². The first-order chi connectivity index (χ1) is 17.8. The number of rotatable bonds is 6. The van der Waals surface area contributed by atoms with Crippen LogP contribution in [0.5, 0.6) is 0 Å². The van der Waals surface area contributed by atoms with Crippen molar-refractivity contribution in [2.75, 3.05) is 12.3 Å². The van der Waals surface area contributed by atoms with E-state index in [-0.39, 0.29) is 48.1 Å². The van der Waals surface area contributed by atoms with Crippen LogP contribution in [-0.2, 0) is 27.5 Å². The topological polar surface area (TPSA) is 131 Å². The molecule has 0 aliphatic carbocycles. The molecular weight excluding hydrogens is 501 g/mol. The minimum absolute atomic E-state index is 0.0677. The second-order valence-electron chi connectivity index (χ2n) is 9.59. The fourth-order valence-electron chi connectivity index (χ4n) is 5.49. The van der Waals surface area contributed by atoms with E-state index in [2.05, 4.69) is 5.32 Å². The van der Waals surface area contributed by atoms with E-state index in [0.717, 1.165) is 21.4 Å². The number of carbonyl (C=O) groups excluding carboxylic acids is 2. The van der Waals surface area contributed by atoms with Gasteiger partial charge in [0.15, 0.2) is 6.10 Å². The lowest BCUT2D eigenvalue weighted by molar-refractivity contribution is -0.157. The molecule has 37 heavy (non-hydrogen) atoms. The molecule has 3 aromatic rings. The fourth-order valence-corrected chi connectivity index (χ4v) is 6.78. The van der Waals surface area contributed by atoms with Gasteiger partial charge in [0.2, 0.25) is 0 Å². The Morgan fingerprint density at radius 1 is 1.35 bits per heavy atom. The number of pyridine rings is 2. The van der Waals surface area contributed by atoms with E-state index in [1.54, 1.807) is 17.6 Å². The number of esters is 1. The van der Waals surface area contributed by atoms with Gasteiger partial charge in [-0.3, -0.25) is 4.79 Å². The van der Waals surface area contributed by atoms with Crippen molar-refractivity contribution in [1.82, 2.24) is 14.9 Å². The smallest absolute Gasteiger partial charge is 0.340 e. The maximum absolute atomic E-state index is 14.9. The Bertz CT molecular complexity index is 1550. The van der Waals surface area contributed by atoms with Gasteiger partial charge in [-0.25, -0.2) is 14.2 Å². The first-order valence-electron chi connectivity index (χ1n) is 12.0. The molecular formula is C26H24FN3O6S. The Hall–Kier alpha value is -3.12. The van der Waals surface area contributed by atoms with Gasteiger partial charge in [0.25, 0.3) is 5.56 Å². The van der Waals surface area contributed by atoms with Gasteiger partial charge in [-0.1, -0.05) is 0 Å². The molecule has 192 valence electrons. The van der Waals surface area contributed by atoms with Crippen molar-refractivity contribution in [2.45, 2.75) is 56.1 Å². The quantitative estimate of drug-likeness (QED) is 0.256. The Kier molecular flexibility index (Phi) is 5.90. The van der Waals surface area contributed by atoms with E-state index >= 15 is 0 Å². The maximum Gasteiger partial charge on any atom is 0.340 e. The van der Waals surface area contributed by atoms with Gasteiger partial charge in [0, 0.05) is 45.7 Å². The van der Waals surface area contributed by atoms with Gasteiger partial charge < -0.3 is 29.6 Å². The van der Waals surface area contributed by atoms with Crippen LogP contribution in [0.2, 0.25) is 0 Å². The molecule has 0 radical (unpaired) electrons. The fraction of sp³-hybridized carbons (Fsp3) is 0.385. The number of hydrogen-bond donors (Lipinski definition) is 3. The van der Waals surface area contributed by atoms with Gasteiger partial charge in [-0.2, -0.15) is 0 Å². The first-order valence-corrected chi connectivity index (χ1v) is 13.0. The Morgan fingerprint density at radius 2 is 2.16 bits per heavy atom. The molecule has 0 amide bonds. The van der Waals surface area contributed by atoms with Crippen molar-refractivity contribution in [3.63, 3.8) is 0 Å². The number of cyclic esters (lactones) is 1. The van der Waals surface area contributed by atoms with Crippen LogP contribution in [0.1, 0.15) is 52.8 Å². The molecule has 2 aromatic heterocycles. The van der Waals surface area contributed by atoms with E-state index in [4.69, 9.17) is 9.72 Å². The second-order valence-corrected chi connectivity index (χ2v) is 10.6. The van der Waals surface area contributed by atoms with E-state index in [1.807, 2.05) is 0 Å². The number of aliphatic hydroxyl groups excluding tert-OH is 2. The van der Waals surface area contributed by atoms with Crippen molar-refractivity contribution in [3.05, 3.63) is 56.1 Å². The van der Waals surface area contributed by atoms with Crippen LogP contribution < -0.4 is 10.9 Å². The highest BCUT2D eigenvalue weighted by atomic mass is 32.2. The summed E-state index contributed by atoms with van der Waals surface area (Å²) in [6, 6.07) is 2.85. The van der Waals surface area contributed by atoms with Crippen molar-refractivity contribution in [1.29, 1.82) is 0 Å². The number of fused-ring (bicyclic) bond motifs is 5. The number of nitrogens with zero attached hydrogens (tertiary/aromatic N) is 2. The van der Waals surface area contributed by atoms with Crippen molar-refractivity contribution in [3.8, 4) is 11.4 Å². The molecule has 11 heteroatoms. The first kappa shape index (κ1) is 24.2. The lowest BCUT2D eigenvalue weighted by atomic mass is 9.93. The number of aromatic nitrogens is 2. The number of nitrogens with one attached hydrogen (secondary N) is 1. The number of thioether (sulfide) groups is 1. The number of benzene rings is 1. The Morgan fingerprint density at radius 3 is 2.95 bits per heavy atom. The van der Waals surface area contributed by atoms with Gasteiger partial charge >= 0.3 is 5.97 Å². The molecule has 0 bridgehead atoms. The van der Waals surface area contributed by atoms with Crippen molar-refractivity contribution in [2.24, 2.45) is 0 Å². The van der Waals surface area contributed by atoms with Crippen molar-refractivity contribution < 1.29 is 28.9 Å². The summed E-state index contributed by atoms with van der Waals surface area (Å²) in [5.41, 5.74) is 3.83. The lowest BCUT2D eigenvalue weighted by Gasteiger charge is -2.29. The van der Waals surface area contributed by atoms with Crippen LogP contribution >= 0.6 is 11.8 Å². The molecule has 9 nitrogen and oxygen atoms in total. The minimum atomic E-state index is -1.56. The minimum Gasteiger partial charge on any atom is -0.458 e. The van der Waals surface area contributed by atoms with E-state index < -0.39 is 18.2 Å². The molecule has 0 spiro atoms. The van der Waals surface area contributed by atoms with Crippen LogP contribution in [0.15, 0.2) is 21.8 Å². The number of aliphatic hydroxyl groups is 2. The number of ether oxygens (including phenoxy) is 1. The SMILES string of the molecule is Cc1c(F)cc2nc3c(c4c2c1SCC4NCCC(O)CC=O)Cn1c-3cc2c(c1=O)COC(=O)C2O. The highest BCUT2D eigenvalue weighted by Gasteiger charge is 2.37. The zero-order chi connectivity index (χ0) is 26.0. The average Bonchev–Trinajstić information content (AvgIpc) is 3.24. The van der Waals surface area contributed by atoms with Gasteiger partial charge in [-0.05, 0) is 37.1 Å². The van der Waals surface area contributed by atoms with Crippen LogP contribution in [0.3, 0.4) is 0 Å². The molecule has 3 unspecified atom stereocenters. The third kappa shape index (κ3) is 3.71. The molecule has 1 aromatic carbocycles. The molecule has 0 fully saturated rings. The number of carbonyl (C=O) groups is 2. The lowest BCUT2D eigenvalue weighted by Crippen LogP contribution is -2.32. The highest BCUT2D eigenvalue weighted by molar-refractivity contribution is 7.99. The summed E-state index contributed by atoms with van der Waals surface area (Å²) in [5, 5.41) is 24.7. The summed E-state index contributed by atoms with van der Waals surface area (Å²) in [4.78, 5) is 41.7. The molecule has 3 aliphatic heterocycles. The third-order valence-electron chi connectivity index (χ3n) is 7.41. The Balaban J connectivity index is 1.52. The van der Waals surface area contributed by atoms with E-state index in [9.17, 15) is 29.0 Å². The highest BCUT2D eigenvalue weighted by Crippen LogP contribution is 2.48. The average molecular weight is 526 g/mol. The molecule has 0 saturated carbocycles. The summed E-state index contributed by atoms with van der Waals surface area (Å²) < 4.78 is 21.4. The summed E-state index contributed by atoms with van der Waals surface area (Å²) in [7, 11) is 0. The molecule has 3 N–H and O–H groups in total. The number of aldehydes is 1. The third-order valence-corrected chi connectivity index (χ3v) is 8.71. The van der Waals surface area contributed by atoms with Crippen LogP contribution in [0.25, 0.3) is 22.3 Å². The normalized spacial score (nSPS) is 20.3. The molecule has 0 saturated heterocycles. The van der Waals surface area contributed by atoms with Crippen LogP contribution in [0, 0.1) is 12.7 Å². The summed E-state index contributed by atoms with van der Waals surface area (Å²) in [6.07, 6.45) is -1.14. The largest absolute Gasteiger partial charge is 0.458 e. The number of halogens is 1. The maximum atomic E-state index is 14.9. The molecule has 3 aliphatic rings. The zero-order valence-corrected chi connectivity index (χ0v) is 20.7. The standard InChI is InChI=1S/C26H24FN3O6S/c1-11-16(27)7-17-21-20(18(10-37-24(11)21)28-4-2-12(32)3-5-31)14-8-30-19(22(14)29-17)6-13-15(25(30)34)9-36-26(35)23(13)33/h5-7,12,18,23,28,32-33H,2-4,8-10H2,1H3. The zero-order valence-electron chi connectivity index (χ0n) is 19.9. The van der Waals surface area contributed by atoms with Crippen LogP contribution in [-0.4, -0.2) is 50.4 Å². The predicted molar refractivity (Wildman–Crippen MR) is 133 cm³/mol. The van der Waals surface area contributed by atoms with Gasteiger partial charge in [-0.15, -0.1) is 11.8 Å². The van der Waals surface area contributed by atoms with E-state index in [0.29, 0.717) is 47.5 Å². The molecule has 3 atom stereocenters. The summed E-state index contributed by atoms with van der Waals surface area (Å²) in [6.45, 7) is 2.23. The molecule has 5 heterocycles. The van der Waals surface area contributed by atoms with Crippen molar-refractivity contribution >= 4 is 34.9 Å². The number of hydrogen-bond acceptors (Lipinski definition) is 9. The summed E-state index contributed by atoms with van der Waals surface area (Å²) >= 11 is 1.54. The molecule has 6 rings (SSSR count). The van der Waals surface area contributed by atoms with E-state index in [1.165, 1.54) is 17.8 Å². The second kappa shape index (κ2) is 9.02. The predicted octanol–water partition coefficient (Wildman–Crippen LogP) is 2.04. The Labute approximate surface area is 214 Å².